The number of aryl methyl sites for hydroxylation is 1. The molecule has 0 unspecified atom stereocenters. The molecule has 0 aliphatic heterocycles. The Labute approximate surface area is 154 Å². The molecule has 1 aromatic heterocycles. The largest absolute Gasteiger partial charge is 0.416 e. The van der Waals surface area contributed by atoms with E-state index in [0.717, 1.165) is 23.4 Å². The van der Waals surface area contributed by atoms with E-state index >= 15 is 0 Å². The summed E-state index contributed by atoms with van der Waals surface area (Å²) in [5.41, 5.74) is 1.38. The average Bonchev–Trinajstić information content (AvgIpc) is 2.63. The van der Waals surface area contributed by atoms with Crippen LogP contribution in [0.5, 0.6) is 0 Å². The van der Waals surface area contributed by atoms with Crippen LogP contribution in [0, 0.1) is 6.92 Å². The number of aromatic nitrogens is 1. The van der Waals surface area contributed by atoms with E-state index < -0.39 is 17.6 Å². The van der Waals surface area contributed by atoms with Gasteiger partial charge < -0.3 is 10.6 Å². The number of nitrogens with one attached hydrogen (secondary N) is 2. The van der Waals surface area contributed by atoms with Crippen molar-refractivity contribution < 1.29 is 18.0 Å². The van der Waals surface area contributed by atoms with Crippen molar-refractivity contribution >= 4 is 23.1 Å². The maximum absolute atomic E-state index is 12.8. The Morgan fingerprint density at radius 2 is 1.78 bits per heavy atom. The average molecular weight is 371 g/mol. The molecule has 0 atom stereocenters. The number of hydrogen-bond donors (Lipinski definition) is 2. The maximum atomic E-state index is 12.8. The lowest BCUT2D eigenvalue weighted by atomic mass is 10.1. The third-order valence-corrected chi connectivity index (χ3v) is 3.88. The van der Waals surface area contributed by atoms with Gasteiger partial charge >= 0.3 is 6.18 Å². The van der Waals surface area contributed by atoms with Crippen LogP contribution >= 0.6 is 0 Å². The minimum absolute atomic E-state index is 0.0695. The third kappa shape index (κ3) is 4.63. The molecule has 2 N–H and O–H groups in total. The molecular formula is C20H16F3N3O. The molecule has 7 heteroatoms. The van der Waals surface area contributed by atoms with Crippen molar-refractivity contribution in [3.8, 4) is 0 Å². The molecule has 3 aromatic rings. The molecule has 2 aromatic carbocycles. The lowest BCUT2D eigenvalue weighted by Gasteiger charge is -2.11. The fraction of sp³-hybridized carbons (Fsp3) is 0.100. The topological polar surface area (TPSA) is 54.0 Å². The summed E-state index contributed by atoms with van der Waals surface area (Å²) < 4.78 is 38.4. The first kappa shape index (κ1) is 18.4. The number of halogens is 3. The van der Waals surface area contributed by atoms with Crippen LogP contribution in [0.15, 0.2) is 66.9 Å². The number of pyridine rings is 1. The zero-order chi connectivity index (χ0) is 19.4. The highest BCUT2D eigenvalue weighted by Gasteiger charge is 2.30. The molecule has 3 rings (SSSR count). The fourth-order valence-corrected chi connectivity index (χ4v) is 2.47. The van der Waals surface area contributed by atoms with Crippen LogP contribution in [0.1, 0.15) is 21.5 Å². The van der Waals surface area contributed by atoms with Crippen molar-refractivity contribution in [3.05, 3.63) is 83.6 Å². The minimum Gasteiger partial charge on any atom is -0.340 e. The standard InChI is InChI=1S/C20H16F3N3O/c1-13-5-2-3-8-17(13)26-18-11-14(9-10-24-18)19(27)25-16-7-4-6-15(12-16)20(21,22)23/h2-12H,1H3,(H,24,26)(H,25,27). The van der Waals surface area contributed by atoms with Crippen molar-refractivity contribution in [1.82, 2.24) is 4.98 Å². The second kappa shape index (κ2) is 7.49. The summed E-state index contributed by atoms with van der Waals surface area (Å²) >= 11 is 0. The van der Waals surface area contributed by atoms with Crippen molar-refractivity contribution in [3.63, 3.8) is 0 Å². The monoisotopic (exact) mass is 371 g/mol. The van der Waals surface area contributed by atoms with E-state index in [-0.39, 0.29) is 11.3 Å². The SMILES string of the molecule is Cc1ccccc1Nc1cc(C(=O)Nc2cccc(C(F)(F)F)c2)ccn1. The van der Waals surface area contributed by atoms with Gasteiger partial charge in [0.1, 0.15) is 5.82 Å². The second-order valence-corrected chi connectivity index (χ2v) is 5.90. The molecule has 27 heavy (non-hydrogen) atoms. The molecule has 1 amide bonds. The number of rotatable bonds is 4. The quantitative estimate of drug-likeness (QED) is 0.645. The Kier molecular flexibility index (Phi) is 5.12. The van der Waals surface area contributed by atoms with E-state index in [1.54, 1.807) is 0 Å². The highest BCUT2D eigenvalue weighted by atomic mass is 19.4. The lowest BCUT2D eigenvalue weighted by molar-refractivity contribution is -0.137. The summed E-state index contributed by atoms with van der Waals surface area (Å²) in [6.07, 6.45) is -3.01. The number of hydrogen-bond acceptors (Lipinski definition) is 3. The molecule has 0 bridgehead atoms. The van der Waals surface area contributed by atoms with E-state index in [1.807, 2.05) is 31.2 Å². The van der Waals surface area contributed by atoms with Crippen LogP contribution in [0.3, 0.4) is 0 Å². The molecule has 0 aliphatic rings. The molecule has 0 aliphatic carbocycles. The smallest absolute Gasteiger partial charge is 0.340 e. The van der Waals surface area contributed by atoms with E-state index in [9.17, 15) is 18.0 Å². The number of alkyl halides is 3. The van der Waals surface area contributed by atoms with Crippen molar-refractivity contribution in [2.75, 3.05) is 10.6 Å². The lowest BCUT2D eigenvalue weighted by Crippen LogP contribution is -2.13. The van der Waals surface area contributed by atoms with E-state index in [0.29, 0.717) is 5.82 Å². The van der Waals surface area contributed by atoms with Crippen molar-refractivity contribution in [1.29, 1.82) is 0 Å². The summed E-state index contributed by atoms with van der Waals surface area (Å²) in [4.78, 5) is 16.6. The predicted octanol–water partition coefficient (Wildman–Crippen LogP) is 5.40. The van der Waals surface area contributed by atoms with Gasteiger partial charge in [-0.3, -0.25) is 4.79 Å². The van der Waals surface area contributed by atoms with Crippen molar-refractivity contribution in [2.45, 2.75) is 13.1 Å². The van der Waals surface area contributed by atoms with Crippen molar-refractivity contribution in [2.24, 2.45) is 0 Å². The summed E-state index contributed by atoms with van der Waals surface area (Å²) in [5, 5.41) is 5.60. The summed E-state index contributed by atoms with van der Waals surface area (Å²) in [6.45, 7) is 1.94. The van der Waals surface area contributed by atoms with Gasteiger partial charge in [-0.15, -0.1) is 0 Å². The Bertz CT molecular complexity index is 970. The van der Waals surface area contributed by atoms with E-state index in [1.165, 1.54) is 30.5 Å². The van der Waals surface area contributed by atoms with Gasteiger partial charge in [-0.05, 0) is 48.9 Å². The molecule has 4 nitrogen and oxygen atoms in total. The van der Waals surface area contributed by atoms with Crippen LogP contribution < -0.4 is 10.6 Å². The number of carbonyl (C=O) groups excluding carboxylic acids is 1. The molecular weight excluding hydrogens is 355 g/mol. The highest BCUT2D eigenvalue weighted by Crippen LogP contribution is 2.30. The molecule has 0 spiro atoms. The zero-order valence-electron chi connectivity index (χ0n) is 14.3. The van der Waals surface area contributed by atoms with Crippen LogP contribution in [-0.4, -0.2) is 10.9 Å². The zero-order valence-corrected chi connectivity index (χ0v) is 14.3. The number of carbonyl (C=O) groups is 1. The number of anilines is 3. The number of para-hydroxylation sites is 1. The van der Waals surface area contributed by atoms with Crippen LogP contribution in [0.2, 0.25) is 0 Å². The fourth-order valence-electron chi connectivity index (χ4n) is 2.47. The van der Waals surface area contributed by atoms with Gasteiger partial charge in [-0.1, -0.05) is 24.3 Å². The predicted molar refractivity (Wildman–Crippen MR) is 98.1 cm³/mol. The summed E-state index contributed by atoms with van der Waals surface area (Å²) in [5.74, 6) is -0.0643. The molecule has 0 fully saturated rings. The summed E-state index contributed by atoms with van der Waals surface area (Å²) in [7, 11) is 0. The number of nitrogens with zero attached hydrogens (tertiary/aromatic N) is 1. The second-order valence-electron chi connectivity index (χ2n) is 5.90. The van der Waals surface area contributed by atoms with Gasteiger partial charge in [0.15, 0.2) is 0 Å². The summed E-state index contributed by atoms with van der Waals surface area (Å²) in [6, 6.07) is 15.1. The Balaban J connectivity index is 1.77. The van der Waals surface area contributed by atoms with E-state index in [4.69, 9.17) is 0 Å². The molecule has 1 heterocycles. The van der Waals surface area contributed by atoms with Gasteiger partial charge in [0, 0.05) is 23.1 Å². The Morgan fingerprint density at radius 1 is 1.00 bits per heavy atom. The van der Waals surface area contributed by atoms with Gasteiger partial charge in [0.05, 0.1) is 5.56 Å². The van der Waals surface area contributed by atoms with Gasteiger partial charge in [0.2, 0.25) is 0 Å². The van der Waals surface area contributed by atoms with E-state index in [2.05, 4.69) is 15.6 Å². The highest BCUT2D eigenvalue weighted by molar-refractivity contribution is 6.04. The molecule has 0 radical (unpaired) electrons. The molecule has 138 valence electrons. The third-order valence-electron chi connectivity index (χ3n) is 3.88. The molecule has 0 saturated carbocycles. The number of amides is 1. The van der Waals surface area contributed by atoms with Crippen LogP contribution in [0.4, 0.5) is 30.4 Å². The van der Waals surface area contributed by atoms with Gasteiger partial charge in [0.25, 0.3) is 5.91 Å². The Hall–Kier alpha value is -3.35. The first-order valence-electron chi connectivity index (χ1n) is 8.10. The maximum Gasteiger partial charge on any atom is 0.416 e. The van der Waals surface area contributed by atoms with Crippen LogP contribution in [-0.2, 0) is 6.18 Å². The van der Waals surface area contributed by atoms with Crippen LogP contribution in [0.25, 0.3) is 0 Å². The first-order chi connectivity index (χ1) is 12.8. The first-order valence-corrected chi connectivity index (χ1v) is 8.10. The molecule has 0 saturated heterocycles. The normalized spacial score (nSPS) is 11.1. The Morgan fingerprint density at radius 3 is 2.52 bits per heavy atom. The number of benzene rings is 2. The van der Waals surface area contributed by atoms with Gasteiger partial charge in [-0.2, -0.15) is 13.2 Å². The minimum atomic E-state index is -4.47. The van der Waals surface area contributed by atoms with Gasteiger partial charge in [-0.25, -0.2) is 4.98 Å².